The van der Waals surface area contributed by atoms with E-state index < -0.39 is 9.84 Å². The molecular formula is C47H37N3O2S. The van der Waals surface area contributed by atoms with Gasteiger partial charge in [-0.2, -0.15) is 0 Å². The van der Waals surface area contributed by atoms with Crippen molar-refractivity contribution in [1.29, 1.82) is 0 Å². The first-order chi connectivity index (χ1) is 25.9. The second-order valence-electron chi connectivity index (χ2n) is 15.7. The van der Waals surface area contributed by atoms with Crippen LogP contribution in [0, 0.1) is 23.7 Å². The van der Waals surface area contributed by atoms with Crippen molar-refractivity contribution >= 4 is 20.6 Å². The van der Waals surface area contributed by atoms with Crippen molar-refractivity contribution in [2.75, 3.05) is 0 Å². The quantitative estimate of drug-likeness (QED) is 0.182. The van der Waals surface area contributed by atoms with E-state index >= 15 is 0 Å². The summed E-state index contributed by atoms with van der Waals surface area (Å²) < 4.78 is 28.5. The molecule has 7 aromatic rings. The number of nitrogens with zero attached hydrogens (tertiary/aromatic N) is 3. The molecule has 53 heavy (non-hydrogen) atoms. The Hall–Kier alpha value is -5.46. The molecule has 4 saturated carbocycles. The van der Waals surface area contributed by atoms with E-state index in [4.69, 9.17) is 15.0 Å². The van der Waals surface area contributed by atoms with Crippen LogP contribution in [0.25, 0.3) is 56.1 Å². The molecule has 12 rings (SSSR count). The molecule has 6 aromatic carbocycles. The first kappa shape index (κ1) is 31.1. The van der Waals surface area contributed by atoms with E-state index in [-0.39, 0.29) is 5.41 Å². The summed E-state index contributed by atoms with van der Waals surface area (Å²) in [5, 5.41) is 2.30. The zero-order valence-corrected chi connectivity index (χ0v) is 30.0. The molecular weight excluding hydrogens is 671 g/mol. The van der Waals surface area contributed by atoms with Gasteiger partial charge in [-0.1, -0.05) is 115 Å². The Balaban J connectivity index is 1.02. The molecule has 0 radical (unpaired) electrons. The van der Waals surface area contributed by atoms with Crippen molar-refractivity contribution in [2.45, 2.75) is 47.3 Å². The third-order valence-corrected chi connectivity index (χ3v) is 14.8. The van der Waals surface area contributed by atoms with Gasteiger partial charge in [-0.3, -0.25) is 0 Å². The highest BCUT2D eigenvalue weighted by Crippen LogP contribution is 2.68. The van der Waals surface area contributed by atoms with Gasteiger partial charge in [0.05, 0.1) is 9.79 Å². The average Bonchev–Trinajstić information content (AvgIpc) is 3.20. The summed E-state index contributed by atoms with van der Waals surface area (Å²) in [5.41, 5.74) is 6.64. The molecule has 5 nitrogen and oxygen atoms in total. The van der Waals surface area contributed by atoms with Gasteiger partial charge in [-0.25, -0.2) is 23.4 Å². The van der Waals surface area contributed by atoms with E-state index in [9.17, 15) is 8.42 Å². The van der Waals surface area contributed by atoms with Crippen LogP contribution in [0.15, 0.2) is 149 Å². The Kier molecular flexibility index (Phi) is 6.76. The largest absolute Gasteiger partial charge is 0.218 e. The number of hydrogen-bond donors (Lipinski definition) is 0. The van der Waals surface area contributed by atoms with E-state index in [1.165, 1.54) is 37.5 Å². The fourth-order valence-electron chi connectivity index (χ4n) is 10.9. The highest BCUT2D eigenvalue weighted by Gasteiger charge is 2.62. The number of sulfone groups is 1. The Morgan fingerprint density at radius 3 is 1.68 bits per heavy atom. The molecule has 0 atom stereocenters. The van der Waals surface area contributed by atoms with E-state index in [1.807, 2.05) is 72.8 Å². The lowest BCUT2D eigenvalue weighted by Crippen LogP contribution is -2.57. The maximum Gasteiger partial charge on any atom is 0.207 e. The Morgan fingerprint density at radius 1 is 0.434 bits per heavy atom. The summed E-state index contributed by atoms with van der Waals surface area (Å²) in [6.45, 7) is 0. The molecule has 6 heteroatoms. The summed E-state index contributed by atoms with van der Waals surface area (Å²) in [6.07, 6.45) is 6.12. The predicted molar refractivity (Wildman–Crippen MR) is 209 cm³/mol. The molecule has 4 aliphatic carbocycles. The number of fused-ring (bicyclic) bond motifs is 3. The minimum absolute atomic E-state index is 0.265. The lowest BCUT2D eigenvalue weighted by molar-refractivity contribution is -0.0446. The Morgan fingerprint density at radius 2 is 0.962 bits per heavy atom. The number of benzene rings is 6. The van der Waals surface area contributed by atoms with Crippen LogP contribution >= 0.6 is 0 Å². The van der Waals surface area contributed by atoms with Gasteiger partial charge in [0.25, 0.3) is 0 Å². The first-order valence-electron chi connectivity index (χ1n) is 18.9. The summed E-state index contributed by atoms with van der Waals surface area (Å²) in [5.74, 6) is 4.33. The van der Waals surface area contributed by atoms with E-state index in [0.29, 0.717) is 39.1 Å². The molecule has 4 fully saturated rings. The van der Waals surface area contributed by atoms with Gasteiger partial charge in [0.15, 0.2) is 17.5 Å². The zero-order valence-electron chi connectivity index (χ0n) is 29.2. The SMILES string of the molecule is O=S1(=O)c2ccccc2C2(c3cc(-c4ccc(-c5nc(-c6ccccc6)nc(-c6ccc7ccccc7c6)n5)cc4)ccc31)C1CC3CC(C1)CC2C3. The molecule has 0 amide bonds. The van der Waals surface area contributed by atoms with Crippen molar-refractivity contribution in [3.63, 3.8) is 0 Å². The van der Waals surface area contributed by atoms with Crippen molar-refractivity contribution in [1.82, 2.24) is 15.0 Å². The van der Waals surface area contributed by atoms with Gasteiger partial charge in [0.2, 0.25) is 9.84 Å². The Labute approximate surface area is 309 Å². The normalized spacial score (nSPS) is 24.6. The van der Waals surface area contributed by atoms with Crippen LogP contribution < -0.4 is 0 Å². The van der Waals surface area contributed by atoms with E-state index in [2.05, 4.69) is 66.7 Å². The smallest absolute Gasteiger partial charge is 0.207 e. The van der Waals surface area contributed by atoms with Crippen molar-refractivity contribution < 1.29 is 8.42 Å². The van der Waals surface area contributed by atoms with Crippen LogP contribution in [-0.4, -0.2) is 23.4 Å². The lowest BCUT2D eigenvalue weighted by atomic mass is 9.42. The van der Waals surface area contributed by atoms with Crippen LogP contribution in [0.1, 0.15) is 43.2 Å². The third kappa shape index (κ3) is 4.67. The highest BCUT2D eigenvalue weighted by atomic mass is 32.2. The monoisotopic (exact) mass is 707 g/mol. The Bertz CT molecular complexity index is 2680. The van der Waals surface area contributed by atoms with Gasteiger partial charge < -0.3 is 0 Å². The molecule has 258 valence electrons. The summed E-state index contributed by atoms with van der Waals surface area (Å²) in [7, 11) is -3.64. The van der Waals surface area contributed by atoms with Crippen LogP contribution in [0.3, 0.4) is 0 Å². The molecule has 0 unspecified atom stereocenters. The topological polar surface area (TPSA) is 72.8 Å². The number of aromatic nitrogens is 3. The van der Waals surface area contributed by atoms with Gasteiger partial charge in [0, 0.05) is 22.1 Å². The number of hydrogen-bond acceptors (Lipinski definition) is 5. The van der Waals surface area contributed by atoms with Crippen molar-refractivity contribution in [3.8, 4) is 45.3 Å². The van der Waals surface area contributed by atoms with Gasteiger partial charge in [0.1, 0.15) is 0 Å². The minimum atomic E-state index is -3.64. The number of rotatable bonds is 4. The molecule has 1 aromatic heterocycles. The van der Waals surface area contributed by atoms with Crippen molar-refractivity contribution in [2.24, 2.45) is 23.7 Å². The molecule has 0 saturated heterocycles. The summed E-state index contributed by atoms with van der Waals surface area (Å²) in [4.78, 5) is 15.9. The predicted octanol–water partition coefficient (Wildman–Crippen LogP) is 10.6. The average molecular weight is 708 g/mol. The molecule has 0 N–H and O–H groups in total. The third-order valence-electron chi connectivity index (χ3n) is 12.9. The van der Waals surface area contributed by atoms with Gasteiger partial charge in [-0.05, 0) is 113 Å². The standard InChI is InChI=1S/C47H37N3O2S/c51-53(52)42-13-7-6-12-40(42)47(38-23-29-22-30(25-38)26-39(47)24-29)41-28-36(20-21-43(41)53)32-14-17-34(18-15-32)45-48-44(33-9-2-1-3-10-33)49-46(50-45)37-19-16-31-8-4-5-11-35(31)27-37/h1-21,27-30,38-39H,22-26H2. The van der Waals surface area contributed by atoms with Crippen molar-refractivity contribution in [3.05, 3.63) is 151 Å². The second-order valence-corrected chi connectivity index (χ2v) is 17.6. The minimum Gasteiger partial charge on any atom is -0.218 e. The summed E-state index contributed by atoms with van der Waals surface area (Å²) in [6, 6.07) is 47.1. The van der Waals surface area contributed by atoms with Crippen LogP contribution in [0.4, 0.5) is 0 Å². The van der Waals surface area contributed by atoms with Crippen LogP contribution in [-0.2, 0) is 15.3 Å². The fraction of sp³-hybridized carbons (Fsp3) is 0.213. The van der Waals surface area contributed by atoms with Crippen LogP contribution in [0.2, 0.25) is 0 Å². The maximum absolute atomic E-state index is 14.3. The first-order valence-corrected chi connectivity index (χ1v) is 20.3. The molecule has 1 spiro atoms. The highest BCUT2D eigenvalue weighted by molar-refractivity contribution is 7.91. The maximum atomic E-state index is 14.3. The fourth-order valence-corrected chi connectivity index (χ4v) is 12.7. The second kappa shape index (κ2) is 11.5. The van der Waals surface area contributed by atoms with Gasteiger partial charge >= 0.3 is 0 Å². The van der Waals surface area contributed by atoms with Crippen LogP contribution in [0.5, 0.6) is 0 Å². The lowest BCUT2D eigenvalue weighted by Gasteiger charge is -2.63. The summed E-state index contributed by atoms with van der Waals surface area (Å²) >= 11 is 0. The van der Waals surface area contributed by atoms with E-state index in [0.717, 1.165) is 56.2 Å². The molecule has 2 heterocycles. The molecule has 1 aliphatic heterocycles. The molecule has 5 aliphatic rings. The van der Waals surface area contributed by atoms with E-state index in [1.54, 1.807) is 0 Å². The molecule has 4 bridgehead atoms. The zero-order chi connectivity index (χ0) is 35.3. The van der Waals surface area contributed by atoms with Gasteiger partial charge in [-0.15, -0.1) is 0 Å².